The third-order valence-electron chi connectivity index (χ3n) is 2.36. The number of ketones is 1. The Labute approximate surface area is 72.7 Å². The highest BCUT2D eigenvalue weighted by molar-refractivity contribution is 5.81. The van der Waals surface area contributed by atoms with Gasteiger partial charge in [0.1, 0.15) is 5.78 Å². The van der Waals surface area contributed by atoms with Gasteiger partial charge in [0.15, 0.2) is 0 Å². The first-order valence-corrected chi connectivity index (χ1v) is 4.55. The van der Waals surface area contributed by atoms with E-state index >= 15 is 0 Å². The number of Topliss-reactive ketones (excluding diaryl/α,β-unsaturated/α-hetero) is 1. The Bertz CT molecular complexity index is 161. The van der Waals surface area contributed by atoms with Gasteiger partial charge < -0.3 is 4.90 Å². The number of likely N-dealkylation sites (tertiary alicyclic amines) is 1. The lowest BCUT2D eigenvalue weighted by molar-refractivity contribution is -0.125. The van der Waals surface area contributed by atoms with E-state index in [4.69, 9.17) is 0 Å². The lowest BCUT2D eigenvalue weighted by atomic mass is 9.98. The Balaban J connectivity index is 2.25. The Morgan fingerprint density at radius 1 is 1.67 bits per heavy atom. The molecule has 0 aromatic heterocycles. The van der Waals surface area contributed by atoms with Crippen molar-refractivity contribution in [1.29, 1.82) is 0 Å². The third-order valence-corrected chi connectivity index (χ3v) is 2.36. The van der Waals surface area contributed by atoms with Crippen LogP contribution in [0.4, 0.5) is 4.39 Å². The minimum Gasteiger partial charge on any atom is -0.302 e. The zero-order valence-electron chi connectivity index (χ0n) is 7.55. The van der Waals surface area contributed by atoms with E-state index in [0.717, 1.165) is 19.6 Å². The Kier molecular flexibility index (Phi) is 3.66. The largest absolute Gasteiger partial charge is 0.302 e. The molecule has 0 aromatic rings. The van der Waals surface area contributed by atoms with Crippen molar-refractivity contribution in [1.82, 2.24) is 4.90 Å². The maximum absolute atomic E-state index is 11.8. The van der Waals surface area contributed by atoms with E-state index in [0.29, 0.717) is 18.6 Å². The Morgan fingerprint density at radius 2 is 2.42 bits per heavy atom. The first-order chi connectivity index (χ1) is 5.74. The molecule has 1 unspecified atom stereocenters. The van der Waals surface area contributed by atoms with E-state index in [1.807, 2.05) is 6.92 Å². The van der Waals surface area contributed by atoms with Crippen LogP contribution in [0.5, 0.6) is 0 Å². The quantitative estimate of drug-likeness (QED) is 0.640. The molecule has 1 rings (SSSR count). The van der Waals surface area contributed by atoms with Crippen LogP contribution in [0.25, 0.3) is 0 Å². The fourth-order valence-electron chi connectivity index (χ4n) is 1.58. The molecule has 1 heterocycles. The van der Waals surface area contributed by atoms with Crippen molar-refractivity contribution in [3.05, 3.63) is 0 Å². The smallest absolute Gasteiger partial charge is 0.138 e. The highest BCUT2D eigenvalue weighted by Crippen LogP contribution is 2.12. The molecule has 0 N–H and O–H groups in total. The van der Waals surface area contributed by atoms with Crippen LogP contribution in [0, 0.1) is 5.92 Å². The van der Waals surface area contributed by atoms with Gasteiger partial charge in [-0.15, -0.1) is 0 Å². The molecule has 12 heavy (non-hydrogen) atoms. The molecule has 1 atom stereocenters. The highest BCUT2D eigenvalue weighted by atomic mass is 19.1. The van der Waals surface area contributed by atoms with Crippen LogP contribution in [-0.4, -0.2) is 37.0 Å². The zero-order chi connectivity index (χ0) is 8.97. The fourth-order valence-corrected chi connectivity index (χ4v) is 1.58. The highest BCUT2D eigenvalue weighted by Gasteiger charge is 2.22. The molecule has 0 amide bonds. The van der Waals surface area contributed by atoms with E-state index in [1.165, 1.54) is 0 Å². The van der Waals surface area contributed by atoms with E-state index in [1.54, 1.807) is 0 Å². The lowest BCUT2D eigenvalue weighted by Crippen LogP contribution is -2.40. The third kappa shape index (κ3) is 2.55. The molecule has 0 aliphatic carbocycles. The fraction of sp³-hybridized carbons (Fsp3) is 0.889. The van der Waals surface area contributed by atoms with Crippen molar-refractivity contribution in [3.63, 3.8) is 0 Å². The molecule has 70 valence electrons. The number of hydrogen-bond acceptors (Lipinski definition) is 2. The standard InChI is InChI=1S/C9H16FNO/c1-8-7-11(5-2-4-10)6-3-9(8)12/h8H,2-7H2,1H3. The molecule has 0 bridgehead atoms. The minimum atomic E-state index is -0.251. The van der Waals surface area contributed by atoms with Crippen LogP contribution in [0.3, 0.4) is 0 Å². The molecule has 0 aromatic carbocycles. The number of carbonyl (C=O) groups is 1. The summed E-state index contributed by atoms with van der Waals surface area (Å²) in [5.74, 6) is 0.504. The first kappa shape index (κ1) is 9.65. The molecule has 0 saturated carbocycles. The topological polar surface area (TPSA) is 20.3 Å². The van der Waals surface area contributed by atoms with Gasteiger partial charge in [-0.05, 0) is 6.42 Å². The summed E-state index contributed by atoms with van der Waals surface area (Å²) in [5.41, 5.74) is 0. The number of piperidine rings is 1. The molecule has 1 aliphatic rings. The summed E-state index contributed by atoms with van der Waals surface area (Å²) < 4.78 is 11.8. The predicted octanol–water partition coefficient (Wildman–Crippen LogP) is 1.26. The summed E-state index contributed by atoms with van der Waals surface area (Å²) in [6.07, 6.45) is 1.24. The van der Waals surface area contributed by atoms with Crippen LogP contribution in [-0.2, 0) is 4.79 Å². The molecule has 1 fully saturated rings. The monoisotopic (exact) mass is 173 g/mol. The van der Waals surface area contributed by atoms with Crippen molar-refractivity contribution in [2.24, 2.45) is 5.92 Å². The van der Waals surface area contributed by atoms with Crippen LogP contribution < -0.4 is 0 Å². The van der Waals surface area contributed by atoms with Crippen LogP contribution in [0.2, 0.25) is 0 Å². The van der Waals surface area contributed by atoms with Crippen molar-refractivity contribution >= 4 is 5.78 Å². The van der Waals surface area contributed by atoms with Gasteiger partial charge in [0.05, 0.1) is 6.67 Å². The molecule has 2 nitrogen and oxygen atoms in total. The molecule has 0 radical (unpaired) electrons. The van der Waals surface area contributed by atoms with E-state index < -0.39 is 0 Å². The van der Waals surface area contributed by atoms with Crippen LogP contribution >= 0.6 is 0 Å². The maximum atomic E-state index is 11.8. The normalized spacial score (nSPS) is 26.2. The maximum Gasteiger partial charge on any atom is 0.138 e. The molecular weight excluding hydrogens is 157 g/mol. The average molecular weight is 173 g/mol. The summed E-state index contributed by atoms with van der Waals surface area (Å²) in [5, 5.41) is 0. The molecule has 1 saturated heterocycles. The van der Waals surface area contributed by atoms with Crippen molar-refractivity contribution in [2.45, 2.75) is 19.8 Å². The summed E-state index contributed by atoms with van der Waals surface area (Å²) in [6, 6.07) is 0. The van der Waals surface area contributed by atoms with Crippen LogP contribution in [0.15, 0.2) is 0 Å². The Morgan fingerprint density at radius 3 is 3.00 bits per heavy atom. The van der Waals surface area contributed by atoms with Gasteiger partial charge in [0, 0.05) is 32.0 Å². The minimum absolute atomic E-state index is 0.151. The van der Waals surface area contributed by atoms with Crippen molar-refractivity contribution < 1.29 is 9.18 Å². The van der Waals surface area contributed by atoms with Gasteiger partial charge in [-0.2, -0.15) is 0 Å². The van der Waals surface area contributed by atoms with Gasteiger partial charge in [0.2, 0.25) is 0 Å². The average Bonchev–Trinajstić information content (AvgIpc) is 2.07. The Hall–Kier alpha value is -0.440. The lowest BCUT2D eigenvalue weighted by Gasteiger charge is -2.29. The molecule has 0 spiro atoms. The molecule has 3 heteroatoms. The number of nitrogens with zero attached hydrogens (tertiary/aromatic N) is 1. The number of alkyl halides is 1. The summed E-state index contributed by atoms with van der Waals surface area (Å²) in [4.78, 5) is 13.3. The SMILES string of the molecule is CC1CN(CCCF)CCC1=O. The van der Waals surface area contributed by atoms with Gasteiger partial charge in [-0.1, -0.05) is 6.92 Å². The molecule has 1 aliphatic heterocycles. The summed E-state index contributed by atoms with van der Waals surface area (Å²) >= 11 is 0. The summed E-state index contributed by atoms with van der Waals surface area (Å²) in [6.45, 7) is 4.14. The second kappa shape index (κ2) is 4.55. The van der Waals surface area contributed by atoms with E-state index in [2.05, 4.69) is 4.90 Å². The van der Waals surface area contributed by atoms with Gasteiger partial charge in [-0.25, -0.2) is 0 Å². The predicted molar refractivity (Wildman–Crippen MR) is 45.8 cm³/mol. The van der Waals surface area contributed by atoms with E-state index in [-0.39, 0.29) is 12.6 Å². The first-order valence-electron chi connectivity index (χ1n) is 4.55. The van der Waals surface area contributed by atoms with E-state index in [9.17, 15) is 9.18 Å². The van der Waals surface area contributed by atoms with Crippen LogP contribution in [0.1, 0.15) is 19.8 Å². The van der Waals surface area contributed by atoms with Crippen molar-refractivity contribution in [2.75, 3.05) is 26.3 Å². The zero-order valence-corrected chi connectivity index (χ0v) is 7.55. The van der Waals surface area contributed by atoms with Gasteiger partial charge in [0.25, 0.3) is 0 Å². The number of carbonyl (C=O) groups excluding carboxylic acids is 1. The number of rotatable bonds is 3. The van der Waals surface area contributed by atoms with Gasteiger partial charge >= 0.3 is 0 Å². The molecular formula is C9H16FNO. The number of hydrogen-bond donors (Lipinski definition) is 0. The second-order valence-corrected chi connectivity index (χ2v) is 3.46. The van der Waals surface area contributed by atoms with Gasteiger partial charge in [-0.3, -0.25) is 9.18 Å². The number of halogens is 1. The van der Waals surface area contributed by atoms with Crippen molar-refractivity contribution in [3.8, 4) is 0 Å². The second-order valence-electron chi connectivity index (χ2n) is 3.46. The summed E-state index contributed by atoms with van der Waals surface area (Å²) in [7, 11) is 0.